The number of aromatic nitrogens is 1. The number of pyridine rings is 1. The average Bonchev–Trinajstić information content (AvgIpc) is 2.49. The highest BCUT2D eigenvalue weighted by atomic mass is 35.5. The van der Waals surface area contributed by atoms with Crippen molar-refractivity contribution in [2.45, 2.75) is 17.4 Å². The van der Waals surface area contributed by atoms with Gasteiger partial charge in [0.15, 0.2) is 0 Å². The maximum atomic E-state index is 11.5. The van der Waals surface area contributed by atoms with E-state index in [9.17, 15) is 13.9 Å². The van der Waals surface area contributed by atoms with E-state index in [0.717, 1.165) is 0 Å². The van der Waals surface area contributed by atoms with E-state index in [1.54, 1.807) is 18.2 Å². The zero-order valence-electron chi connectivity index (χ0n) is 12.8. The summed E-state index contributed by atoms with van der Waals surface area (Å²) in [6.45, 7) is 0. The van der Waals surface area contributed by atoms with Crippen molar-refractivity contribution in [1.82, 2.24) is 4.57 Å². The molecule has 0 radical (unpaired) electrons. The van der Waals surface area contributed by atoms with Gasteiger partial charge in [-0.2, -0.15) is 10.6 Å². The third kappa shape index (κ3) is 3.67. The third-order valence-corrected chi connectivity index (χ3v) is 6.34. The van der Waals surface area contributed by atoms with E-state index in [2.05, 4.69) is 0 Å². The lowest BCUT2D eigenvalue weighted by Crippen LogP contribution is -2.34. The van der Waals surface area contributed by atoms with Crippen LogP contribution in [0.15, 0.2) is 35.4 Å². The molecular formula is C15H16Cl3N3O3S. The number of amides is 1. The van der Waals surface area contributed by atoms with Gasteiger partial charge in [0.25, 0.3) is 5.91 Å². The van der Waals surface area contributed by atoms with Gasteiger partial charge in [-0.1, -0.05) is 23.2 Å². The molecule has 1 aliphatic heterocycles. The summed E-state index contributed by atoms with van der Waals surface area (Å²) in [5, 5.41) is 8.97. The van der Waals surface area contributed by atoms with E-state index in [0.29, 0.717) is 21.9 Å². The van der Waals surface area contributed by atoms with Crippen LogP contribution in [0.5, 0.6) is 0 Å². The van der Waals surface area contributed by atoms with Gasteiger partial charge in [-0.3, -0.25) is 19.3 Å². The highest BCUT2D eigenvalue weighted by molar-refractivity contribution is 8.24. The van der Waals surface area contributed by atoms with Gasteiger partial charge >= 0.3 is 0 Å². The number of carbonyl (C=O) groups is 1. The molecule has 0 saturated heterocycles. The molecule has 5 N–H and O–H groups in total. The Morgan fingerprint density at radius 3 is 2.60 bits per heavy atom. The van der Waals surface area contributed by atoms with Crippen molar-refractivity contribution in [2.24, 2.45) is 5.73 Å². The summed E-state index contributed by atoms with van der Waals surface area (Å²) in [5.74, 6) is -0.598. The molecule has 0 spiro atoms. The van der Waals surface area contributed by atoms with Gasteiger partial charge in [0, 0.05) is 17.0 Å². The average molecular weight is 425 g/mol. The van der Waals surface area contributed by atoms with Crippen LogP contribution in [0.25, 0.3) is 0 Å². The number of hydrogen-bond acceptors (Lipinski definition) is 4. The zero-order valence-corrected chi connectivity index (χ0v) is 15.9. The number of nitrogens with two attached hydrogens (primary N) is 1. The van der Waals surface area contributed by atoms with Crippen LogP contribution in [0.3, 0.4) is 0 Å². The van der Waals surface area contributed by atoms with Crippen LogP contribution in [0.4, 0.5) is 0 Å². The molecule has 10 heteroatoms. The molecule has 2 aromatic rings. The van der Waals surface area contributed by atoms with Crippen molar-refractivity contribution in [3.05, 3.63) is 57.1 Å². The second-order valence-corrected chi connectivity index (χ2v) is 8.60. The molecule has 0 fully saturated rings. The lowest BCUT2D eigenvalue weighted by Gasteiger charge is -2.41. The standard InChI is InChI=1S/C15H15Cl2N3O3S.ClH/c16-8-1-2-13-10(5-8)12(3-4-24(13,22)23)20-7-9(17)6-11(14(20)18)15(19)21;/h1-2,5-7,12,18,22-23H,3-4H2,(H2,19,21);1H. The summed E-state index contributed by atoms with van der Waals surface area (Å²) < 4.78 is 22.1. The fraction of sp³-hybridized carbons (Fsp3) is 0.200. The van der Waals surface area contributed by atoms with E-state index in [-0.39, 0.29) is 34.2 Å². The first kappa shape index (κ1) is 20.1. The lowest BCUT2D eigenvalue weighted by molar-refractivity contribution is 0.0997. The predicted octanol–water partition coefficient (Wildman–Crippen LogP) is 3.90. The van der Waals surface area contributed by atoms with Crippen molar-refractivity contribution in [3.8, 4) is 0 Å². The largest absolute Gasteiger partial charge is 0.365 e. The number of hydrogen-bond donors (Lipinski definition) is 4. The van der Waals surface area contributed by atoms with Gasteiger partial charge in [0.2, 0.25) is 0 Å². The van der Waals surface area contributed by atoms with Crippen molar-refractivity contribution in [3.63, 3.8) is 0 Å². The van der Waals surface area contributed by atoms with Crippen LogP contribution < -0.4 is 11.2 Å². The molecule has 1 aromatic carbocycles. The van der Waals surface area contributed by atoms with Gasteiger partial charge in [0.05, 0.1) is 21.5 Å². The van der Waals surface area contributed by atoms with Crippen LogP contribution in [0.2, 0.25) is 10.0 Å². The maximum absolute atomic E-state index is 11.5. The van der Waals surface area contributed by atoms with E-state index >= 15 is 0 Å². The van der Waals surface area contributed by atoms with E-state index in [4.69, 9.17) is 34.3 Å². The molecule has 2 heterocycles. The Bertz CT molecular complexity index is 901. The van der Waals surface area contributed by atoms with Gasteiger partial charge in [-0.05, 0) is 36.2 Å². The molecule has 6 nitrogen and oxygen atoms in total. The highest BCUT2D eigenvalue weighted by Gasteiger charge is 2.32. The Labute approximate surface area is 161 Å². The maximum Gasteiger partial charge on any atom is 0.252 e. The van der Waals surface area contributed by atoms with Gasteiger partial charge in [0.1, 0.15) is 5.49 Å². The Kier molecular flexibility index (Phi) is 5.78. The quantitative estimate of drug-likeness (QED) is 0.586. The second-order valence-electron chi connectivity index (χ2n) is 5.55. The molecule has 1 aliphatic rings. The molecule has 1 unspecified atom stereocenters. The SMILES string of the molecule is Cl.N=c1c(C(N)=O)cc(Cl)cn1C1CCS(O)(O)c2ccc(Cl)cc21. The molecule has 136 valence electrons. The summed E-state index contributed by atoms with van der Waals surface area (Å²) in [5.41, 5.74) is 5.84. The smallest absolute Gasteiger partial charge is 0.252 e. The van der Waals surface area contributed by atoms with E-state index < -0.39 is 22.5 Å². The number of nitrogens with one attached hydrogen (secondary N) is 1. The Hall–Kier alpha value is -1.22. The fourth-order valence-electron chi connectivity index (χ4n) is 2.92. The van der Waals surface area contributed by atoms with Crippen LogP contribution in [-0.2, 0) is 0 Å². The summed E-state index contributed by atoms with van der Waals surface area (Å²) in [4.78, 5) is 11.9. The minimum absolute atomic E-state index is 0. The number of nitrogens with zero attached hydrogens (tertiary/aromatic N) is 1. The molecule has 3 rings (SSSR count). The topological polar surface area (TPSA) is 112 Å². The normalized spacial score (nSPS) is 19.4. The number of fused-ring (bicyclic) bond motifs is 1. The highest BCUT2D eigenvalue weighted by Crippen LogP contribution is 2.56. The van der Waals surface area contributed by atoms with Crippen LogP contribution in [-0.4, -0.2) is 25.3 Å². The Morgan fingerprint density at radius 1 is 1.28 bits per heavy atom. The molecule has 25 heavy (non-hydrogen) atoms. The molecule has 0 aliphatic carbocycles. The number of rotatable bonds is 2. The second kappa shape index (κ2) is 7.19. The third-order valence-electron chi connectivity index (χ3n) is 4.02. The first-order chi connectivity index (χ1) is 11.2. The fourth-order valence-corrected chi connectivity index (χ4v) is 4.95. The lowest BCUT2D eigenvalue weighted by atomic mass is 10.0. The Balaban J connectivity index is 0.00000225. The van der Waals surface area contributed by atoms with E-state index in [1.165, 1.54) is 16.8 Å². The minimum atomic E-state index is -2.91. The first-order valence-corrected chi connectivity index (χ1v) is 9.49. The monoisotopic (exact) mass is 423 g/mol. The summed E-state index contributed by atoms with van der Waals surface area (Å²) >= 11 is 12.1. The zero-order chi connectivity index (χ0) is 17.6. The molecule has 1 aromatic heterocycles. The minimum Gasteiger partial charge on any atom is -0.365 e. The predicted molar refractivity (Wildman–Crippen MR) is 101 cm³/mol. The number of carbonyl (C=O) groups excluding carboxylic acids is 1. The first-order valence-electron chi connectivity index (χ1n) is 7.02. The molecule has 0 saturated carbocycles. The van der Waals surface area contributed by atoms with Gasteiger partial charge in [-0.15, -0.1) is 12.4 Å². The van der Waals surface area contributed by atoms with Crippen molar-refractivity contribution in [1.29, 1.82) is 5.41 Å². The number of benzene rings is 1. The van der Waals surface area contributed by atoms with Crippen molar-refractivity contribution >= 4 is 52.1 Å². The van der Waals surface area contributed by atoms with Crippen LogP contribution >= 0.6 is 46.2 Å². The van der Waals surface area contributed by atoms with E-state index in [1.807, 2.05) is 0 Å². The summed E-state index contributed by atoms with van der Waals surface area (Å²) in [7, 11) is -2.91. The summed E-state index contributed by atoms with van der Waals surface area (Å²) in [6, 6.07) is 5.77. The summed E-state index contributed by atoms with van der Waals surface area (Å²) in [6.07, 6.45) is 1.90. The molecule has 1 amide bonds. The van der Waals surface area contributed by atoms with Crippen molar-refractivity contribution in [2.75, 3.05) is 5.75 Å². The molecular weight excluding hydrogens is 409 g/mol. The van der Waals surface area contributed by atoms with Crippen LogP contribution in [0.1, 0.15) is 28.4 Å². The molecule has 1 atom stereocenters. The van der Waals surface area contributed by atoms with Gasteiger partial charge < -0.3 is 10.3 Å². The van der Waals surface area contributed by atoms with Crippen molar-refractivity contribution < 1.29 is 13.9 Å². The number of primary amides is 1. The number of halogens is 3. The molecule has 0 bridgehead atoms. The van der Waals surface area contributed by atoms with Crippen LogP contribution in [0, 0.1) is 5.41 Å². The van der Waals surface area contributed by atoms with Gasteiger partial charge in [-0.25, -0.2) is 0 Å². The Morgan fingerprint density at radius 2 is 1.96 bits per heavy atom.